The molecule has 0 radical (unpaired) electrons. The fourth-order valence-electron chi connectivity index (χ4n) is 3.50. The summed E-state index contributed by atoms with van der Waals surface area (Å²) >= 11 is 0. The third-order valence-electron chi connectivity index (χ3n) is 5.56. The number of rotatable bonds is 3. The molecule has 3 heterocycles. The Morgan fingerprint density at radius 3 is 2.60 bits per heavy atom. The standard InChI is InChI=1S/C23H29N5O2/c1-15-5-6-16(13-18(15)25-22(30)23(2,3)4)19-14-28-20(24-19)7-8-21(26-28)27-11-9-17(29)10-12-27/h5-8,13-14,17,29H,9-12H2,1-4H3,(H,25,30). The first kappa shape index (κ1) is 20.3. The van der Waals surface area contributed by atoms with Gasteiger partial charge in [0.15, 0.2) is 5.65 Å². The van der Waals surface area contributed by atoms with Crippen LogP contribution in [-0.2, 0) is 4.79 Å². The number of nitrogens with zero attached hydrogens (tertiary/aromatic N) is 4. The van der Waals surface area contributed by atoms with Gasteiger partial charge in [0.2, 0.25) is 5.91 Å². The Hall–Kier alpha value is -2.93. The molecule has 4 rings (SSSR count). The number of aryl methyl sites for hydroxylation is 1. The van der Waals surface area contributed by atoms with Gasteiger partial charge in [-0.05, 0) is 43.5 Å². The number of carbonyl (C=O) groups excluding carboxylic acids is 1. The molecule has 1 aliphatic rings. The van der Waals surface area contributed by atoms with Crippen molar-refractivity contribution in [2.75, 3.05) is 23.3 Å². The van der Waals surface area contributed by atoms with Crippen molar-refractivity contribution in [3.05, 3.63) is 42.1 Å². The van der Waals surface area contributed by atoms with Gasteiger partial charge in [-0.1, -0.05) is 32.9 Å². The van der Waals surface area contributed by atoms with Crippen molar-refractivity contribution >= 4 is 23.1 Å². The van der Waals surface area contributed by atoms with E-state index in [-0.39, 0.29) is 12.0 Å². The summed E-state index contributed by atoms with van der Waals surface area (Å²) < 4.78 is 1.79. The SMILES string of the molecule is Cc1ccc(-c2cn3nc(N4CCC(O)CC4)ccc3n2)cc1NC(=O)C(C)(C)C. The van der Waals surface area contributed by atoms with Crippen LogP contribution in [0, 0.1) is 12.3 Å². The molecule has 1 saturated heterocycles. The topological polar surface area (TPSA) is 82.8 Å². The molecule has 2 aromatic heterocycles. The van der Waals surface area contributed by atoms with Gasteiger partial charge < -0.3 is 15.3 Å². The molecule has 0 atom stereocenters. The van der Waals surface area contributed by atoms with Crippen LogP contribution in [0.1, 0.15) is 39.2 Å². The number of anilines is 2. The van der Waals surface area contributed by atoms with Crippen molar-refractivity contribution < 1.29 is 9.90 Å². The predicted molar refractivity (Wildman–Crippen MR) is 119 cm³/mol. The van der Waals surface area contributed by atoms with Crippen molar-refractivity contribution in [1.82, 2.24) is 14.6 Å². The molecule has 0 bridgehead atoms. The van der Waals surface area contributed by atoms with E-state index in [1.165, 1.54) is 0 Å². The Morgan fingerprint density at radius 1 is 1.17 bits per heavy atom. The number of hydrogen-bond donors (Lipinski definition) is 2. The van der Waals surface area contributed by atoms with Crippen molar-refractivity contribution in [2.24, 2.45) is 5.41 Å². The summed E-state index contributed by atoms with van der Waals surface area (Å²) in [5, 5.41) is 17.5. The largest absolute Gasteiger partial charge is 0.393 e. The van der Waals surface area contributed by atoms with Gasteiger partial charge in [-0.3, -0.25) is 4.79 Å². The van der Waals surface area contributed by atoms with E-state index >= 15 is 0 Å². The van der Waals surface area contributed by atoms with Gasteiger partial charge in [0.25, 0.3) is 0 Å². The maximum atomic E-state index is 12.4. The van der Waals surface area contributed by atoms with E-state index in [2.05, 4.69) is 10.2 Å². The van der Waals surface area contributed by atoms with Crippen molar-refractivity contribution in [1.29, 1.82) is 0 Å². The molecule has 1 fully saturated rings. The first-order valence-corrected chi connectivity index (χ1v) is 10.4. The highest BCUT2D eigenvalue weighted by Crippen LogP contribution is 2.27. The Bertz CT molecular complexity index is 1070. The highest BCUT2D eigenvalue weighted by Gasteiger charge is 2.22. The highest BCUT2D eigenvalue weighted by molar-refractivity contribution is 5.95. The Balaban J connectivity index is 1.62. The summed E-state index contributed by atoms with van der Waals surface area (Å²) in [6, 6.07) is 9.92. The molecule has 0 unspecified atom stereocenters. The molecule has 1 amide bonds. The van der Waals surface area contributed by atoms with Gasteiger partial charge in [0.05, 0.1) is 18.0 Å². The molecule has 30 heavy (non-hydrogen) atoms. The summed E-state index contributed by atoms with van der Waals surface area (Å²) in [5.41, 5.74) is 3.85. The molecule has 1 aromatic carbocycles. The molecule has 158 valence electrons. The molecular weight excluding hydrogens is 378 g/mol. The fraction of sp³-hybridized carbons (Fsp3) is 0.435. The Kier molecular flexibility index (Phi) is 5.24. The number of imidazole rings is 1. The summed E-state index contributed by atoms with van der Waals surface area (Å²) in [5.74, 6) is 0.871. The number of piperidine rings is 1. The lowest BCUT2D eigenvalue weighted by Crippen LogP contribution is -2.36. The quantitative estimate of drug-likeness (QED) is 0.692. The van der Waals surface area contributed by atoms with Crippen LogP contribution in [0.5, 0.6) is 0 Å². The van der Waals surface area contributed by atoms with Crippen molar-refractivity contribution in [2.45, 2.75) is 46.6 Å². The average molecular weight is 408 g/mol. The Morgan fingerprint density at radius 2 is 1.90 bits per heavy atom. The smallest absolute Gasteiger partial charge is 0.229 e. The molecular formula is C23H29N5O2. The second-order valence-corrected chi connectivity index (χ2v) is 9.07. The minimum atomic E-state index is -0.462. The zero-order valence-electron chi connectivity index (χ0n) is 18.0. The van der Waals surface area contributed by atoms with Crippen LogP contribution in [0.2, 0.25) is 0 Å². The van der Waals surface area contributed by atoms with Gasteiger partial charge in [-0.15, -0.1) is 5.10 Å². The number of carbonyl (C=O) groups is 1. The maximum Gasteiger partial charge on any atom is 0.229 e. The van der Waals surface area contributed by atoms with Crippen LogP contribution in [0.3, 0.4) is 0 Å². The number of amides is 1. The van der Waals surface area contributed by atoms with Crippen LogP contribution < -0.4 is 10.2 Å². The van der Waals surface area contributed by atoms with E-state index in [1.54, 1.807) is 4.52 Å². The van der Waals surface area contributed by atoms with E-state index in [9.17, 15) is 9.90 Å². The second kappa shape index (κ2) is 7.72. The summed E-state index contributed by atoms with van der Waals surface area (Å²) in [4.78, 5) is 19.3. The number of nitrogens with one attached hydrogen (secondary N) is 1. The number of fused-ring (bicyclic) bond motifs is 1. The fourth-order valence-corrected chi connectivity index (χ4v) is 3.50. The molecule has 2 N–H and O–H groups in total. The summed E-state index contributed by atoms with van der Waals surface area (Å²) in [6.07, 6.45) is 3.24. The molecule has 0 saturated carbocycles. The highest BCUT2D eigenvalue weighted by atomic mass is 16.3. The monoisotopic (exact) mass is 407 g/mol. The van der Waals surface area contributed by atoms with E-state index in [1.807, 2.05) is 64.2 Å². The van der Waals surface area contributed by atoms with Gasteiger partial charge in [0, 0.05) is 29.8 Å². The number of aliphatic hydroxyl groups excluding tert-OH is 1. The van der Waals surface area contributed by atoms with Crippen LogP contribution in [-0.4, -0.2) is 44.8 Å². The molecule has 3 aromatic rings. The first-order chi connectivity index (χ1) is 14.2. The summed E-state index contributed by atoms with van der Waals surface area (Å²) in [7, 11) is 0. The normalized spacial score (nSPS) is 15.6. The first-order valence-electron chi connectivity index (χ1n) is 10.4. The average Bonchev–Trinajstić information content (AvgIpc) is 3.12. The minimum Gasteiger partial charge on any atom is -0.393 e. The maximum absolute atomic E-state index is 12.4. The lowest BCUT2D eigenvalue weighted by Gasteiger charge is -2.30. The lowest BCUT2D eigenvalue weighted by molar-refractivity contribution is -0.123. The van der Waals surface area contributed by atoms with Gasteiger partial charge in [-0.2, -0.15) is 0 Å². The van der Waals surface area contributed by atoms with E-state index in [0.717, 1.165) is 59.9 Å². The van der Waals surface area contributed by atoms with Crippen LogP contribution in [0.15, 0.2) is 36.5 Å². The molecule has 0 aliphatic carbocycles. The zero-order chi connectivity index (χ0) is 21.5. The van der Waals surface area contributed by atoms with Gasteiger partial charge >= 0.3 is 0 Å². The van der Waals surface area contributed by atoms with Crippen LogP contribution in [0.4, 0.5) is 11.5 Å². The molecule has 7 nitrogen and oxygen atoms in total. The molecule has 7 heteroatoms. The molecule has 1 aliphatic heterocycles. The van der Waals surface area contributed by atoms with Gasteiger partial charge in [0.1, 0.15) is 5.82 Å². The number of aliphatic hydroxyl groups is 1. The van der Waals surface area contributed by atoms with Crippen molar-refractivity contribution in [3.8, 4) is 11.3 Å². The third-order valence-corrected chi connectivity index (χ3v) is 5.56. The van der Waals surface area contributed by atoms with Crippen LogP contribution >= 0.6 is 0 Å². The second-order valence-electron chi connectivity index (χ2n) is 9.07. The lowest BCUT2D eigenvalue weighted by atomic mass is 9.95. The van der Waals surface area contributed by atoms with Gasteiger partial charge in [-0.25, -0.2) is 9.50 Å². The van der Waals surface area contributed by atoms with Crippen molar-refractivity contribution in [3.63, 3.8) is 0 Å². The third kappa shape index (κ3) is 4.16. The number of aromatic nitrogens is 3. The molecule has 0 spiro atoms. The van der Waals surface area contributed by atoms with E-state index in [4.69, 9.17) is 10.1 Å². The van der Waals surface area contributed by atoms with Crippen LogP contribution in [0.25, 0.3) is 16.9 Å². The number of hydrogen-bond acceptors (Lipinski definition) is 5. The predicted octanol–water partition coefficient (Wildman–Crippen LogP) is 3.65. The summed E-state index contributed by atoms with van der Waals surface area (Å²) in [6.45, 7) is 9.28. The minimum absolute atomic E-state index is 0.0179. The zero-order valence-corrected chi connectivity index (χ0v) is 18.0. The number of benzene rings is 1. The van der Waals surface area contributed by atoms with E-state index in [0.29, 0.717) is 0 Å². The Labute approximate surface area is 176 Å². The van der Waals surface area contributed by atoms with E-state index < -0.39 is 5.41 Å².